The summed E-state index contributed by atoms with van der Waals surface area (Å²) in [5, 5.41) is 0. The molecule has 0 N–H and O–H groups in total. The van der Waals surface area contributed by atoms with E-state index in [0.29, 0.717) is 12.1 Å². The van der Waals surface area contributed by atoms with Gasteiger partial charge in [-0.05, 0) is 32.1 Å². The number of nitrogens with zero attached hydrogens (tertiary/aromatic N) is 1. The Morgan fingerprint density at radius 2 is 1.61 bits per heavy atom. The normalized spacial score (nSPS) is 24.1. The maximum atomic E-state index is 12.0. The minimum absolute atomic E-state index is 0.114. The molecule has 0 saturated carbocycles. The van der Waals surface area contributed by atoms with Crippen molar-refractivity contribution in [2.45, 2.75) is 83.7 Å². The Labute approximate surface area is 112 Å². The molecule has 0 spiro atoms. The minimum Gasteiger partial charge on any atom is -0.453 e. The summed E-state index contributed by atoms with van der Waals surface area (Å²) in [4.78, 5) is 14.1. The molecule has 0 aliphatic carbocycles. The van der Waals surface area contributed by atoms with Crippen LogP contribution in [0.1, 0.15) is 71.6 Å². The Hall–Kier alpha value is -0.730. The molecule has 3 nitrogen and oxygen atoms in total. The number of rotatable bonds is 6. The third-order valence-electron chi connectivity index (χ3n) is 4.03. The first-order valence-corrected chi connectivity index (χ1v) is 7.60. The van der Waals surface area contributed by atoms with Gasteiger partial charge in [0.2, 0.25) is 0 Å². The fraction of sp³-hybridized carbons (Fsp3) is 0.933. The largest absolute Gasteiger partial charge is 0.453 e. The summed E-state index contributed by atoms with van der Waals surface area (Å²) in [5.74, 6) is 0. The van der Waals surface area contributed by atoms with Crippen LogP contribution in [-0.2, 0) is 4.74 Å². The van der Waals surface area contributed by atoms with Gasteiger partial charge in [-0.1, -0.05) is 39.5 Å². The first-order chi connectivity index (χ1) is 8.74. The van der Waals surface area contributed by atoms with Crippen molar-refractivity contribution in [1.82, 2.24) is 4.90 Å². The van der Waals surface area contributed by atoms with Gasteiger partial charge in [-0.3, -0.25) is 0 Å². The van der Waals surface area contributed by atoms with E-state index in [4.69, 9.17) is 4.74 Å². The molecule has 1 heterocycles. The highest BCUT2D eigenvalue weighted by molar-refractivity contribution is 5.68. The van der Waals surface area contributed by atoms with Gasteiger partial charge in [-0.15, -0.1) is 0 Å². The Balaban J connectivity index is 2.66. The maximum absolute atomic E-state index is 12.0. The standard InChI is InChI=1S/C15H29NO2/c1-4-6-9-13-11-8-12-14(10-7-5-2)16(13)15(17)18-3/h13-14H,4-12H2,1-3H3. The molecule has 1 fully saturated rings. The van der Waals surface area contributed by atoms with Crippen molar-refractivity contribution in [1.29, 1.82) is 0 Å². The zero-order valence-corrected chi connectivity index (χ0v) is 12.3. The molecule has 2 atom stereocenters. The molecular formula is C15H29NO2. The number of hydrogen-bond donors (Lipinski definition) is 0. The topological polar surface area (TPSA) is 29.5 Å². The van der Waals surface area contributed by atoms with Gasteiger partial charge in [0.15, 0.2) is 0 Å². The average Bonchev–Trinajstić information content (AvgIpc) is 2.41. The number of unbranched alkanes of at least 4 members (excludes halogenated alkanes) is 2. The van der Waals surface area contributed by atoms with E-state index < -0.39 is 0 Å². The molecule has 1 rings (SSSR count). The number of carbonyl (C=O) groups excluding carboxylic acids is 1. The van der Waals surface area contributed by atoms with Crippen LogP contribution in [-0.4, -0.2) is 30.2 Å². The second-order valence-corrected chi connectivity index (χ2v) is 5.40. The lowest BCUT2D eigenvalue weighted by molar-refractivity contribution is 0.0510. The lowest BCUT2D eigenvalue weighted by Crippen LogP contribution is -2.50. The third kappa shape index (κ3) is 4.18. The van der Waals surface area contributed by atoms with E-state index in [0.717, 1.165) is 25.7 Å². The monoisotopic (exact) mass is 255 g/mol. The van der Waals surface area contributed by atoms with Crippen LogP contribution >= 0.6 is 0 Å². The first kappa shape index (κ1) is 15.3. The van der Waals surface area contributed by atoms with E-state index in [2.05, 4.69) is 18.7 Å². The molecule has 0 bridgehead atoms. The van der Waals surface area contributed by atoms with E-state index in [-0.39, 0.29) is 6.09 Å². The molecule has 0 aromatic heterocycles. The second-order valence-electron chi connectivity index (χ2n) is 5.40. The molecule has 0 aromatic rings. The number of hydrogen-bond acceptors (Lipinski definition) is 2. The Morgan fingerprint density at radius 3 is 2.00 bits per heavy atom. The zero-order chi connectivity index (χ0) is 13.4. The summed E-state index contributed by atoms with van der Waals surface area (Å²) in [6.07, 6.45) is 10.5. The van der Waals surface area contributed by atoms with Gasteiger partial charge in [0.25, 0.3) is 0 Å². The molecule has 1 amide bonds. The highest BCUT2D eigenvalue weighted by atomic mass is 16.5. The van der Waals surface area contributed by atoms with E-state index in [1.807, 2.05) is 0 Å². The van der Waals surface area contributed by atoms with Gasteiger partial charge < -0.3 is 9.64 Å². The number of ether oxygens (including phenoxy) is 1. The molecule has 18 heavy (non-hydrogen) atoms. The third-order valence-corrected chi connectivity index (χ3v) is 4.03. The van der Waals surface area contributed by atoms with E-state index in [9.17, 15) is 4.79 Å². The fourth-order valence-electron chi connectivity index (χ4n) is 3.02. The minimum atomic E-state index is -0.114. The van der Waals surface area contributed by atoms with Gasteiger partial charge in [0.1, 0.15) is 0 Å². The molecule has 3 heteroatoms. The predicted molar refractivity (Wildman–Crippen MR) is 74.7 cm³/mol. The van der Waals surface area contributed by atoms with Gasteiger partial charge >= 0.3 is 6.09 Å². The van der Waals surface area contributed by atoms with E-state index in [1.165, 1.54) is 39.2 Å². The summed E-state index contributed by atoms with van der Waals surface area (Å²) in [5.41, 5.74) is 0. The summed E-state index contributed by atoms with van der Waals surface area (Å²) in [7, 11) is 1.50. The molecule has 0 aromatic carbocycles. The number of piperidine rings is 1. The van der Waals surface area contributed by atoms with Crippen molar-refractivity contribution in [3.63, 3.8) is 0 Å². The summed E-state index contributed by atoms with van der Waals surface area (Å²) >= 11 is 0. The fourth-order valence-corrected chi connectivity index (χ4v) is 3.02. The molecule has 1 aliphatic rings. The van der Waals surface area contributed by atoms with Crippen molar-refractivity contribution >= 4 is 6.09 Å². The van der Waals surface area contributed by atoms with Crippen molar-refractivity contribution in [2.75, 3.05) is 7.11 Å². The van der Waals surface area contributed by atoms with Gasteiger partial charge in [0.05, 0.1) is 7.11 Å². The predicted octanol–water partition coefficient (Wildman–Crippen LogP) is 4.36. The Kier molecular flexibility index (Phi) is 7.14. The maximum Gasteiger partial charge on any atom is 0.409 e. The summed E-state index contributed by atoms with van der Waals surface area (Å²) in [6.45, 7) is 4.42. The Bertz CT molecular complexity index is 227. The quantitative estimate of drug-likeness (QED) is 0.706. The number of likely N-dealkylation sites (tertiary alicyclic amines) is 1. The van der Waals surface area contributed by atoms with Crippen molar-refractivity contribution in [3.8, 4) is 0 Å². The highest BCUT2D eigenvalue weighted by Crippen LogP contribution is 2.29. The van der Waals surface area contributed by atoms with Gasteiger partial charge in [-0.25, -0.2) is 4.79 Å². The SMILES string of the molecule is CCCCC1CCCC(CCCC)N1C(=O)OC. The lowest BCUT2D eigenvalue weighted by atomic mass is 9.90. The molecular weight excluding hydrogens is 226 g/mol. The van der Waals surface area contributed by atoms with E-state index in [1.54, 1.807) is 0 Å². The number of carbonyl (C=O) groups is 1. The van der Waals surface area contributed by atoms with Crippen LogP contribution in [0.4, 0.5) is 4.79 Å². The van der Waals surface area contributed by atoms with Gasteiger partial charge in [-0.2, -0.15) is 0 Å². The average molecular weight is 255 g/mol. The van der Waals surface area contributed by atoms with Crippen LogP contribution in [0.5, 0.6) is 0 Å². The van der Waals surface area contributed by atoms with Crippen LogP contribution in [0.2, 0.25) is 0 Å². The molecule has 1 aliphatic heterocycles. The Morgan fingerprint density at radius 1 is 1.11 bits per heavy atom. The first-order valence-electron chi connectivity index (χ1n) is 7.60. The van der Waals surface area contributed by atoms with Crippen LogP contribution in [0.25, 0.3) is 0 Å². The van der Waals surface area contributed by atoms with Crippen LogP contribution in [0, 0.1) is 0 Å². The number of amides is 1. The second kappa shape index (κ2) is 8.39. The van der Waals surface area contributed by atoms with Gasteiger partial charge in [0, 0.05) is 12.1 Å². The summed E-state index contributed by atoms with van der Waals surface area (Å²) in [6, 6.07) is 0.820. The van der Waals surface area contributed by atoms with E-state index >= 15 is 0 Å². The zero-order valence-electron chi connectivity index (χ0n) is 12.3. The molecule has 1 saturated heterocycles. The van der Waals surface area contributed by atoms with Crippen molar-refractivity contribution in [2.24, 2.45) is 0 Å². The summed E-state index contributed by atoms with van der Waals surface area (Å²) < 4.78 is 5.00. The highest BCUT2D eigenvalue weighted by Gasteiger charge is 2.33. The smallest absolute Gasteiger partial charge is 0.409 e. The number of methoxy groups -OCH3 is 1. The van der Waals surface area contributed by atoms with Crippen LogP contribution < -0.4 is 0 Å². The molecule has 106 valence electrons. The lowest BCUT2D eigenvalue weighted by Gasteiger charge is -2.41. The van der Waals surface area contributed by atoms with Crippen LogP contribution in [0.15, 0.2) is 0 Å². The molecule has 2 unspecified atom stereocenters. The van der Waals surface area contributed by atoms with Crippen molar-refractivity contribution in [3.05, 3.63) is 0 Å². The molecule has 0 radical (unpaired) electrons. The van der Waals surface area contributed by atoms with Crippen molar-refractivity contribution < 1.29 is 9.53 Å². The van der Waals surface area contributed by atoms with Crippen LogP contribution in [0.3, 0.4) is 0 Å².